The molecule has 0 aliphatic heterocycles. The SMILES string of the molecule is CCCSNc1ccc(-c2c(C)c3cc(OC)ccc3n2CC)cc1. The van der Waals surface area contributed by atoms with Crippen LogP contribution >= 0.6 is 11.9 Å². The molecule has 2 aromatic carbocycles. The summed E-state index contributed by atoms with van der Waals surface area (Å²) in [4.78, 5) is 0. The molecule has 1 aromatic heterocycles. The molecule has 0 radical (unpaired) electrons. The first kappa shape index (κ1) is 17.7. The lowest BCUT2D eigenvalue weighted by Gasteiger charge is -2.11. The van der Waals surface area contributed by atoms with Gasteiger partial charge in [-0.15, -0.1) is 0 Å². The van der Waals surface area contributed by atoms with E-state index in [4.69, 9.17) is 4.74 Å². The zero-order valence-electron chi connectivity index (χ0n) is 15.4. The van der Waals surface area contributed by atoms with E-state index in [1.807, 2.05) is 6.07 Å². The summed E-state index contributed by atoms with van der Waals surface area (Å²) in [6.45, 7) is 7.54. The van der Waals surface area contributed by atoms with E-state index in [0.717, 1.165) is 23.7 Å². The van der Waals surface area contributed by atoms with Gasteiger partial charge in [-0.2, -0.15) is 0 Å². The monoisotopic (exact) mass is 354 g/mol. The molecule has 0 aliphatic rings. The molecule has 0 saturated heterocycles. The molecule has 0 aliphatic carbocycles. The van der Waals surface area contributed by atoms with E-state index in [0.29, 0.717) is 0 Å². The highest BCUT2D eigenvalue weighted by molar-refractivity contribution is 8.00. The number of aryl methyl sites for hydroxylation is 2. The summed E-state index contributed by atoms with van der Waals surface area (Å²) in [5, 5.41) is 1.26. The summed E-state index contributed by atoms with van der Waals surface area (Å²) in [5.74, 6) is 2.02. The fourth-order valence-corrected chi connectivity index (χ4v) is 3.87. The maximum atomic E-state index is 5.41. The van der Waals surface area contributed by atoms with E-state index in [-0.39, 0.29) is 0 Å². The highest BCUT2D eigenvalue weighted by atomic mass is 32.2. The van der Waals surface area contributed by atoms with E-state index < -0.39 is 0 Å². The molecule has 1 N–H and O–H groups in total. The molecule has 3 rings (SSSR count). The van der Waals surface area contributed by atoms with Gasteiger partial charge in [0.2, 0.25) is 0 Å². The number of benzene rings is 2. The number of hydrogen-bond acceptors (Lipinski definition) is 3. The molecule has 3 aromatic rings. The van der Waals surface area contributed by atoms with E-state index in [2.05, 4.69) is 66.5 Å². The highest BCUT2D eigenvalue weighted by Crippen LogP contribution is 2.35. The van der Waals surface area contributed by atoms with Crippen LogP contribution in [0.1, 0.15) is 25.8 Å². The van der Waals surface area contributed by atoms with Crippen LogP contribution in [0.15, 0.2) is 42.5 Å². The number of nitrogens with one attached hydrogen (secondary N) is 1. The van der Waals surface area contributed by atoms with Gasteiger partial charge >= 0.3 is 0 Å². The molecule has 1 heterocycles. The summed E-state index contributed by atoms with van der Waals surface area (Å²) >= 11 is 1.76. The second kappa shape index (κ2) is 7.87. The molecule has 25 heavy (non-hydrogen) atoms. The van der Waals surface area contributed by atoms with Crippen molar-refractivity contribution in [2.24, 2.45) is 0 Å². The van der Waals surface area contributed by atoms with Crippen molar-refractivity contribution < 1.29 is 4.74 Å². The van der Waals surface area contributed by atoms with Gasteiger partial charge < -0.3 is 14.0 Å². The molecule has 3 nitrogen and oxygen atoms in total. The number of nitrogens with zero attached hydrogens (tertiary/aromatic N) is 1. The Balaban J connectivity index is 2.01. The zero-order chi connectivity index (χ0) is 17.8. The van der Waals surface area contributed by atoms with Crippen molar-refractivity contribution in [2.75, 3.05) is 17.6 Å². The third-order valence-corrected chi connectivity index (χ3v) is 5.49. The van der Waals surface area contributed by atoms with Gasteiger partial charge in [-0.25, -0.2) is 0 Å². The standard InChI is InChI=1S/C21H26N2OS/c1-5-13-25-22-17-9-7-16(8-10-17)21-15(3)19-14-18(24-4)11-12-20(19)23(21)6-2/h7-12,14,22H,5-6,13H2,1-4H3. The van der Waals surface area contributed by atoms with E-state index in [1.54, 1.807) is 19.1 Å². The van der Waals surface area contributed by atoms with Gasteiger partial charge in [-0.3, -0.25) is 0 Å². The van der Waals surface area contributed by atoms with Crippen LogP contribution in [0.5, 0.6) is 5.75 Å². The fourth-order valence-electron chi connectivity index (χ4n) is 3.26. The normalized spacial score (nSPS) is 11.0. The summed E-state index contributed by atoms with van der Waals surface area (Å²) in [7, 11) is 1.72. The summed E-state index contributed by atoms with van der Waals surface area (Å²) in [5.41, 5.74) is 6.26. The Kier molecular flexibility index (Phi) is 5.59. The fraction of sp³-hybridized carbons (Fsp3) is 0.333. The van der Waals surface area contributed by atoms with Crippen molar-refractivity contribution in [3.63, 3.8) is 0 Å². The first-order chi connectivity index (χ1) is 12.2. The Morgan fingerprint density at radius 1 is 1.08 bits per heavy atom. The number of hydrogen-bond donors (Lipinski definition) is 1. The third-order valence-electron chi connectivity index (χ3n) is 4.49. The first-order valence-electron chi connectivity index (χ1n) is 8.84. The van der Waals surface area contributed by atoms with Crippen molar-refractivity contribution in [3.8, 4) is 17.0 Å². The van der Waals surface area contributed by atoms with Crippen molar-refractivity contribution in [2.45, 2.75) is 33.7 Å². The van der Waals surface area contributed by atoms with E-state index in [1.165, 1.54) is 34.1 Å². The molecule has 0 atom stereocenters. The van der Waals surface area contributed by atoms with Crippen LogP contribution in [-0.4, -0.2) is 17.4 Å². The molecular weight excluding hydrogens is 328 g/mol. The Bertz CT molecular complexity index is 852. The minimum atomic E-state index is 0.905. The van der Waals surface area contributed by atoms with Gasteiger partial charge in [0.15, 0.2) is 0 Å². The molecule has 0 spiro atoms. The van der Waals surface area contributed by atoms with Crippen molar-refractivity contribution in [1.82, 2.24) is 4.57 Å². The van der Waals surface area contributed by atoms with Gasteiger partial charge in [-0.1, -0.05) is 31.0 Å². The lowest BCUT2D eigenvalue weighted by molar-refractivity contribution is 0.415. The van der Waals surface area contributed by atoms with Crippen LogP contribution in [-0.2, 0) is 6.54 Å². The average Bonchev–Trinajstić information content (AvgIpc) is 2.94. The molecule has 4 heteroatoms. The van der Waals surface area contributed by atoms with Crippen LogP contribution in [0.2, 0.25) is 0 Å². The molecule has 0 amide bonds. The smallest absolute Gasteiger partial charge is 0.119 e. The minimum Gasteiger partial charge on any atom is -0.497 e. The quantitative estimate of drug-likeness (QED) is 0.409. The van der Waals surface area contributed by atoms with Crippen molar-refractivity contribution in [1.29, 1.82) is 0 Å². The number of rotatable bonds is 7. The molecule has 132 valence electrons. The predicted molar refractivity (Wildman–Crippen MR) is 111 cm³/mol. The maximum absolute atomic E-state index is 5.41. The van der Waals surface area contributed by atoms with Gasteiger partial charge in [-0.05, 0) is 61.7 Å². The van der Waals surface area contributed by atoms with Gasteiger partial charge in [0.05, 0.1) is 12.8 Å². The van der Waals surface area contributed by atoms with E-state index in [9.17, 15) is 0 Å². The van der Waals surface area contributed by atoms with Crippen molar-refractivity contribution in [3.05, 3.63) is 48.0 Å². The maximum Gasteiger partial charge on any atom is 0.119 e. The van der Waals surface area contributed by atoms with E-state index >= 15 is 0 Å². The van der Waals surface area contributed by atoms with Crippen LogP contribution in [0.3, 0.4) is 0 Å². The van der Waals surface area contributed by atoms with Crippen LogP contribution in [0.4, 0.5) is 5.69 Å². The Morgan fingerprint density at radius 3 is 2.48 bits per heavy atom. The first-order valence-corrected chi connectivity index (χ1v) is 9.83. The van der Waals surface area contributed by atoms with Gasteiger partial charge in [0.25, 0.3) is 0 Å². The average molecular weight is 355 g/mol. The highest BCUT2D eigenvalue weighted by Gasteiger charge is 2.15. The Morgan fingerprint density at radius 2 is 1.84 bits per heavy atom. The Labute approximate surface area is 154 Å². The number of anilines is 1. The number of fused-ring (bicyclic) bond motifs is 1. The summed E-state index contributed by atoms with van der Waals surface area (Å²) in [6.07, 6.45) is 1.18. The predicted octanol–water partition coefficient (Wildman–Crippen LogP) is 6.12. The van der Waals surface area contributed by atoms with Gasteiger partial charge in [0, 0.05) is 28.9 Å². The lowest BCUT2D eigenvalue weighted by Crippen LogP contribution is -1.97. The second-order valence-corrected chi connectivity index (χ2v) is 7.03. The van der Waals surface area contributed by atoms with Crippen LogP contribution in [0, 0.1) is 6.92 Å². The summed E-state index contributed by atoms with van der Waals surface area (Å²) in [6, 6.07) is 15.1. The van der Waals surface area contributed by atoms with Crippen LogP contribution in [0.25, 0.3) is 22.2 Å². The number of aromatic nitrogens is 1. The molecule has 0 saturated carbocycles. The second-order valence-electron chi connectivity index (χ2n) is 6.13. The molecular formula is C21H26N2OS. The molecule has 0 unspecified atom stereocenters. The molecule has 0 bridgehead atoms. The third kappa shape index (κ3) is 3.49. The van der Waals surface area contributed by atoms with Crippen LogP contribution < -0.4 is 9.46 Å². The largest absolute Gasteiger partial charge is 0.497 e. The van der Waals surface area contributed by atoms with Gasteiger partial charge in [0.1, 0.15) is 5.75 Å². The Hall–Kier alpha value is -2.07. The lowest BCUT2D eigenvalue weighted by atomic mass is 10.1. The number of ether oxygens (including phenoxy) is 1. The topological polar surface area (TPSA) is 26.2 Å². The minimum absolute atomic E-state index is 0.905. The zero-order valence-corrected chi connectivity index (χ0v) is 16.2. The molecule has 0 fully saturated rings. The number of methoxy groups -OCH3 is 1. The summed E-state index contributed by atoms with van der Waals surface area (Å²) < 4.78 is 11.2. The van der Waals surface area contributed by atoms with Crippen molar-refractivity contribution >= 4 is 28.5 Å².